The number of alkyl halides is 2. The van der Waals surface area contributed by atoms with Crippen LogP contribution in [0.25, 0.3) is 0 Å². The van der Waals surface area contributed by atoms with E-state index in [-0.39, 0.29) is 13.0 Å². The van der Waals surface area contributed by atoms with Gasteiger partial charge in [-0.25, -0.2) is 8.78 Å². The molecule has 2 atom stereocenters. The zero-order valence-electron chi connectivity index (χ0n) is 11.1. The van der Waals surface area contributed by atoms with Crippen molar-refractivity contribution < 1.29 is 13.6 Å². The number of aldehydes is 1. The number of halogens is 2. The Morgan fingerprint density at radius 2 is 2.00 bits per heavy atom. The summed E-state index contributed by atoms with van der Waals surface area (Å²) in [6, 6.07) is 9.81. The molecule has 1 heterocycles. The highest BCUT2D eigenvalue weighted by atomic mass is 19.3. The van der Waals surface area contributed by atoms with Gasteiger partial charge < -0.3 is 4.79 Å². The van der Waals surface area contributed by atoms with Crippen LogP contribution in [-0.2, 0) is 11.3 Å². The molecule has 2 nitrogen and oxygen atoms in total. The second-order valence-corrected chi connectivity index (χ2v) is 5.35. The van der Waals surface area contributed by atoms with Crippen molar-refractivity contribution >= 4 is 6.29 Å². The van der Waals surface area contributed by atoms with Crippen molar-refractivity contribution in [3.63, 3.8) is 0 Å². The first-order valence-electron chi connectivity index (χ1n) is 6.61. The second kappa shape index (κ2) is 5.78. The summed E-state index contributed by atoms with van der Waals surface area (Å²) in [5.74, 6) is -4.32. The highest BCUT2D eigenvalue weighted by Crippen LogP contribution is 2.39. The van der Waals surface area contributed by atoms with Crippen molar-refractivity contribution in [3.05, 3.63) is 35.9 Å². The van der Waals surface area contributed by atoms with E-state index in [1.165, 1.54) is 0 Å². The van der Waals surface area contributed by atoms with Crippen molar-refractivity contribution in [1.29, 1.82) is 0 Å². The van der Waals surface area contributed by atoms with Crippen molar-refractivity contribution in [3.8, 4) is 0 Å². The number of hydrogen-bond donors (Lipinski definition) is 0. The highest BCUT2D eigenvalue weighted by molar-refractivity contribution is 5.50. The van der Waals surface area contributed by atoms with Crippen LogP contribution in [0, 0.1) is 11.8 Å². The molecular formula is C15H19F2NO. The Labute approximate surface area is 112 Å². The summed E-state index contributed by atoms with van der Waals surface area (Å²) in [7, 11) is 0. The van der Waals surface area contributed by atoms with Crippen LogP contribution < -0.4 is 0 Å². The lowest BCUT2D eigenvalue weighted by Gasteiger charge is -2.42. The van der Waals surface area contributed by atoms with Gasteiger partial charge in [0.25, 0.3) is 5.92 Å². The largest absolute Gasteiger partial charge is 0.303 e. The zero-order chi connectivity index (χ0) is 13.9. The topological polar surface area (TPSA) is 20.3 Å². The normalized spacial score (nSPS) is 27.1. The Morgan fingerprint density at radius 1 is 1.32 bits per heavy atom. The molecule has 0 aliphatic carbocycles. The number of hydrogen-bond acceptors (Lipinski definition) is 2. The molecular weight excluding hydrogens is 248 g/mol. The maximum absolute atomic E-state index is 14.0. The van der Waals surface area contributed by atoms with Gasteiger partial charge in [0.1, 0.15) is 6.29 Å². The molecule has 0 spiro atoms. The molecule has 1 aliphatic rings. The van der Waals surface area contributed by atoms with Gasteiger partial charge in [0, 0.05) is 37.9 Å². The third-order valence-corrected chi connectivity index (χ3v) is 3.84. The van der Waals surface area contributed by atoms with Crippen LogP contribution in [0.4, 0.5) is 8.78 Å². The molecule has 1 aromatic carbocycles. The first kappa shape index (κ1) is 14.1. The van der Waals surface area contributed by atoms with E-state index in [2.05, 4.69) is 0 Å². The summed E-state index contributed by atoms with van der Waals surface area (Å²) in [4.78, 5) is 12.6. The number of carbonyl (C=O) groups excluding carboxylic acids is 1. The first-order chi connectivity index (χ1) is 9.04. The Morgan fingerprint density at radius 3 is 2.63 bits per heavy atom. The van der Waals surface area contributed by atoms with Crippen LogP contribution in [0.15, 0.2) is 30.3 Å². The minimum absolute atomic E-state index is 0.0668. The second-order valence-electron chi connectivity index (χ2n) is 5.35. The van der Waals surface area contributed by atoms with Crippen molar-refractivity contribution in [1.82, 2.24) is 4.90 Å². The third kappa shape index (κ3) is 3.18. The molecule has 1 aromatic rings. The molecule has 19 heavy (non-hydrogen) atoms. The monoisotopic (exact) mass is 267 g/mol. The van der Waals surface area contributed by atoms with Gasteiger partial charge in [-0.15, -0.1) is 0 Å². The summed E-state index contributed by atoms with van der Waals surface area (Å²) in [5, 5.41) is 0. The molecule has 104 valence electrons. The molecule has 1 fully saturated rings. The molecule has 2 unspecified atom stereocenters. The van der Waals surface area contributed by atoms with E-state index in [0.717, 1.165) is 5.56 Å². The van der Waals surface area contributed by atoms with E-state index in [9.17, 15) is 13.6 Å². The predicted octanol–water partition coefficient (Wildman–Crippen LogP) is 2.98. The number of piperidine rings is 1. The minimum atomic E-state index is -2.74. The fraction of sp³-hybridized carbons (Fsp3) is 0.533. The summed E-state index contributed by atoms with van der Waals surface area (Å²) in [5.41, 5.74) is 1.12. The fourth-order valence-electron chi connectivity index (χ4n) is 2.74. The minimum Gasteiger partial charge on any atom is -0.303 e. The third-order valence-electron chi connectivity index (χ3n) is 3.84. The average Bonchev–Trinajstić information content (AvgIpc) is 2.37. The quantitative estimate of drug-likeness (QED) is 0.782. The average molecular weight is 267 g/mol. The first-order valence-corrected chi connectivity index (χ1v) is 6.61. The SMILES string of the molecule is CC1CN(Cc2ccccc2)CC(CC=O)C1(F)F. The van der Waals surface area contributed by atoms with E-state index in [1.807, 2.05) is 35.2 Å². The van der Waals surface area contributed by atoms with Crippen LogP contribution in [0.5, 0.6) is 0 Å². The molecule has 1 saturated heterocycles. The molecule has 4 heteroatoms. The van der Waals surface area contributed by atoms with Gasteiger partial charge in [0.15, 0.2) is 0 Å². The van der Waals surface area contributed by atoms with E-state index in [4.69, 9.17) is 0 Å². The Bertz CT molecular complexity index is 421. The van der Waals surface area contributed by atoms with Crippen LogP contribution in [0.1, 0.15) is 18.9 Å². The van der Waals surface area contributed by atoms with E-state index >= 15 is 0 Å². The highest BCUT2D eigenvalue weighted by Gasteiger charge is 2.48. The van der Waals surface area contributed by atoms with Crippen LogP contribution in [0.3, 0.4) is 0 Å². The maximum atomic E-state index is 14.0. The van der Waals surface area contributed by atoms with E-state index < -0.39 is 17.8 Å². The summed E-state index contributed by atoms with van der Waals surface area (Å²) < 4.78 is 28.0. The lowest BCUT2D eigenvalue weighted by Crippen LogP contribution is -2.52. The van der Waals surface area contributed by atoms with Crippen molar-refractivity contribution in [2.75, 3.05) is 13.1 Å². The summed E-state index contributed by atoms with van der Waals surface area (Å²) >= 11 is 0. The maximum Gasteiger partial charge on any atom is 0.256 e. The summed E-state index contributed by atoms with van der Waals surface area (Å²) in [6.45, 7) is 2.88. The van der Waals surface area contributed by atoms with Gasteiger partial charge in [0.2, 0.25) is 0 Å². The lowest BCUT2D eigenvalue weighted by molar-refractivity contribution is -0.151. The van der Waals surface area contributed by atoms with E-state index in [1.54, 1.807) is 6.92 Å². The molecule has 0 bridgehead atoms. The number of benzene rings is 1. The van der Waals surface area contributed by atoms with Gasteiger partial charge in [0.05, 0.1) is 0 Å². The standard InChI is InChI=1S/C15H19F2NO/c1-12-9-18(10-13-5-3-2-4-6-13)11-14(7-8-19)15(12,16)17/h2-6,8,12,14H,7,9-11H2,1H3. The molecule has 1 aliphatic heterocycles. The molecule has 0 aromatic heterocycles. The number of likely N-dealkylation sites (tertiary alicyclic amines) is 1. The number of nitrogens with zero attached hydrogens (tertiary/aromatic N) is 1. The van der Waals surface area contributed by atoms with Gasteiger partial charge in [-0.1, -0.05) is 37.3 Å². The Hall–Kier alpha value is -1.29. The van der Waals surface area contributed by atoms with Crippen LogP contribution in [0.2, 0.25) is 0 Å². The molecule has 0 radical (unpaired) electrons. The molecule has 2 rings (SSSR count). The molecule has 0 saturated carbocycles. The number of carbonyl (C=O) groups is 1. The summed E-state index contributed by atoms with van der Waals surface area (Å²) in [6.07, 6.45) is 0.542. The van der Waals surface area contributed by atoms with Crippen molar-refractivity contribution in [2.24, 2.45) is 11.8 Å². The zero-order valence-corrected chi connectivity index (χ0v) is 11.1. The van der Waals surface area contributed by atoms with Crippen LogP contribution in [-0.4, -0.2) is 30.2 Å². The number of rotatable bonds is 4. The Kier molecular flexibility index (Phi) is 4.30. The van der Waals surface area contributed by atoms with Gasteiger partial charge in [-0.05, 0) is 5.56 Å². The lowest BCUT2D eigenvalue weighted by atomic mass is 9.84. The smallest absolute Gasteiger partial charge is 0.256 e. The van der Waals surface area contributed by atoms with Crippen molar-refractivity contribution in [2.45, 2.75) is 25.8 Å². The molecule has 0 N–H and O–H groups in total. The van der Waals surface area contributed by atoms with Gasteiger partial charge >= 0.3 is 0 Å². The van der Waals surface area contributed by atoms with Gasteiger partial charge in [-0.2, -0.15) is 0 Å². The fourth-order valence-corrected chi connectivity index (χ4v) is 2.74. The Balaban J connectivity index is 2.06. The van der Waals surface area contributed by atoms with E-state index in [0.29, 0.717) is 19.4 Å². The molecule has 0 amide bonds. The van der Waals surface area contributed by atoms with Crippen LogP contribution >= 0.6 is 0 Å². The van der Waals surface area contributed by atoms with Gasteiger partial charge in [-0.3, -0.25) is 4.90 Å². The predicted molar refractivity (Wildman–Crippen MR) is 70.0 cm³/mol.